The van der Waals surface area contributed by atoms with Crippen molar-refractivity contribution in [3.8, 4) is 0 Å². The zero-order chi connectivity index (χ0) is 9.14. The molecule has 1 atom stereocenters. The number of halogens is 2. The van der Waals surface area contributed by atoms with Crippen LogP contribution >= 0.6 is 34.2 Å². The topological polar surface area (TPSA) is 20.2 Å². The molecule has 0 aliphatic heterocycles. The van der Waals surface area contributed by atoms with Crippen molar-refractivity contribution in [1.82, 2.24) is 0 Å². The second-order valence-corrected chi connectivity index (χ2v) is 4.35. The lowest BCUT2D eigenvalue weighted by atomic mass is 10.0. The lowest BCUT2D eigenvalue weighted by Gasteiger charge is -2.10. The van der Waals surface area contributed by atoms with Crippen LogP contribution in [0.15, 0.2) is 18.2 Å². The molecule has 1 unspecified atom stereocenters. The molecule has 0 bridgehead atoms. The van der Waals surface area contributed by atoms with E-state index in [4.69, 9.17) is 16.7 Å². The lowest BCUT2D eigenvalue weighted by molar-refractivity contribution is 0.272. The van der Waals surface area contributed by atoms with E-state index in [-0.39, 0.29) is 12.5 Å². The number of hydrogen-bond acceptors (Lipinski definition) is 1. The summed E-state index contributed by atoms with van der Waals surface area (Å²) in [5, 5.41) is 9.68. The third kappa shape index (κ3) is 2.34. The Kier molecular flexibility index (Phi) is 3.80. The van der Waals surface area contributed by atoms with E-state index in [2.05, 4.69) is 22.6 Å². The summed E-state index contributed by atoms with van der Waals surface area (Å²) < 4.78 is 1.15. The molecule has 1 aromatic carbocycles. The lowest BCUT2D eigenvalue weighted by Crippen LogP contribution is -2.00. The van der Waals surface area contributed by atoms with E-state index in [1.54, 1.807) is 0 Å². The molecule has 0 aromatic heterocycles. The van der Waals surface area contributed by atoms with Crippen LogP contribution in [0.1, 0.15) is 18.4 Å². The summed E-state index contributed by atoms with van der Waals surface area (Å²) in [5.41, 5.74) is 1.12. The van der Waals surface area contributed by atoms with E-state index in [1.807, 2.05) is 25.1 Å². The minimum atomic E-state index is 0.163. The normalized spacial score (nSPS) is 13.0. The Morgan fingerprint density at radius 1 is 1.58 bits per heavy atom. The van der Waals surface area contributed by atoms with Crippen LogP contribution in [0.4, 0.5) is 0 Å². The fourth-order valence-corrected chi connectivity index (χ4v) is 2.04. The van der Waals surface area contributed by atoms with Crippen molar-refractivity contribution in [3.63, 3.8) is 0 Å². The van der Waals surface area contributed by atoms with Crippen molar-refractivity contribution in [1.29, 1.82) is 0 Å². The van der Waals surface area contributed by atoms with Gasteiger partial charge in [-0.1, -0.05) is 18.5 Å². The Labute approximate surface area is 90.9 Å². The zero-order valence-corrected chi connectivity index (χ0v) is 9.63. The Hall–Kier alpha value is 0.200. The Balaban J connectivity index is 3.04. The highest BCUT2D eigenvalue weighted by Crippen LogP contribution is 2.24. The van der Waals surface area contributed by atoms with Gasteiger partial charge in [0, 0.05) is 21.1 Å². The number of benzene rings is 1. The summed E-state index contributed by atoms with van der Waals surface area (Å²) in [5.74, 6) is 0.163. The molecule has 0 spiro atoms. The number of hydrogen-bond donors (Lipinski definition) is 1. The number of rotatable bonds is 2. The van der Waals surface area contributed by atoms with E-state index in [9.17, 15) is 0 Å². The van der Waals surface area contributed by atoms with E-state index < -0.39 is 0 Å². The smallest absolute Gasteiger partial charge is 0.0497 e. The Morgan fingerprint density at radius 3 is 2.83 bits per heavy atom. The predicted molar refractivity (Wildman–Crippen MR) is 59.7 cm³/mol. The molecule has 1 N–H and O–H groups in total. The molecule has 1 aromatic rings. The van der Waals surface area contributed by atoms with Gasteiger partial charge in [0.15, 0.2) is 0 Å². The molecule has 1 rings (SSSR count). The highest BCUT2D eigenvalue weighted by atomic mass is 127. The van der Waals surface area contributed by atoms with E-state index in [1.165, 1.54) is 0 Å². The summed E-state index contributed by atoms with van der Waals surface area (Å²) >= 11 is 8.08. The molecule has 0 heterocycles. The van der Waals surface area contributed by atoms with E-state index in [0.717, 1.165) is 14.2 Å². The van der Waals surface area contributed by atoms with E-state index in [0.29, 0.717) is 0 Å². The third-order valence-electron chi connectivity index (χ3n) is 1.76. The van der Waals surface area contributed by atoms with Crippen LogP contribution in [0.5, 0.6) is 0 Å². The first kappa shape index (κ1) is 10.3. The quantitative estimate of drug-likeness (QED) is 0.832. The number of aliphatic hydroxyl groups excluding tert-OH is 1. The van der Waals surface area contributed by atoms with Gasteiger partial charge in [0.05, 0.1) is 0 Å². The highest BCUT2D eigenvalue weighted by molar-refractivity contribution is 14.1. The van der Waals surface area contributed by atoms with Gasteiger partial charge in [-0.2, -0.15) is 0 Å². The van der Waals surface area contributed by atoms with Crippen LogP contribution in [-0.4, -0.2) is 11.7 Å². The summed E-state index contributed by atoms with van der Waals surface area (Å²) in [6.45, 7) is 2.14. The molecular formula is C9H10ClIO. The molecule has 1 nitrogen and oxygen atoms in total. The maximum atomic E-state index is 8.96. The third-order valence-corrected chi connectivity index (χ3v) is 2.98. The van der Waals surface area contributed by atoms with Gasteiger partial charge < -0.3 is 5.11 Å². The SMILES string of the molecule is CC(CO)c1cc(Cl)ccc1I. The molecule has 0 saturated heterocycles. The standard InChI is InChI=1S/C9H10ClIO/c1-6(5-12)8-4-7(10)2-3-9(8)11/h2-4,6,12H,5H2,1H3. The van der Waals surface area contributed by atoms with Crippen LogP contribution in [0.25, 0.3) is 0 Å². The largest absolute Gasteiger partial charge is 0.396 e. The van der Waals surface area contributed by atoms with Gasteiger partial charge in [-0.25, -0.2) is 0 Å². The first-order valence-electron chi connectivity index (χ1n) is 3.71. The minimum absolute atomic E-state index is 0.163. The van der Waals surface area contributed by atoms with Gasteiger partial charge in [-0.05, 0) is 46.4 Å². The molecule has 0 saturated carbocycles. The van der Waals surface area contributed by atoms with Crippen molar-refractivity contribution in [2.24, 2.45) is 0 Å². The monoisotopic (exact) mass is 296 g/mol. The molecule has 12 heavy (non-hydrogen) atoms. The van der Waals surface area contributed by atoms with Crippen molar-refractivity contribution in [3.05, 3.63) is 32.4 Å². The molecule has 0 amide bonds. The summed E-state index contributed by atoms with van der Waals surface area (Å²) in [7, 11) is 0. The van der Waals surface area contributed by atoms with Crippen LogP contribution in [0.2, 0.25) is 5.02 Å². The van der Waals surface area contributed by atoms with Gasteiger partial charge in [0.25, 0.3) is 0 Å². The molecule has 0 radical (unpaired) electrons. The minimum Gasteiger partial charge on any atom is -0.396 e. The molecule has 0 fully saturated rings. The van der Waals surface area contributed by atoms with E-state index >= 15 is 0 Å². The van der Waals surface area contributed by atoms with Gasteiger partial charge in [0.2, 0.25) is 0 Å². The fourth-order valence-electron chi connectivity index (χ4n) is 0.991. The molecule has 66 valence electrons. The zero-order valence-electron chi connectivity index (χ0n) is 6.72. The molecular weight excluding hydrogens is 286 g/mol. The highest BCUT2D eigenvalue weighted by Gasteiger charge is 2.07. The van der Waals surface area contributed by atoms with Crippen molar-refractivity contribution in [2.75, 3.05) is 6.61 Å². The average Bonchev–Trinajstić information content (AvgIpc) is 2.08. The summed E-state index contributed by atoms with van der Waals surface area (Å²) in [4.78, 5) is 0. The predicted octanol–water partition coefficient (Wildman–Crippen LogP) is 3.04. The van der Waals surface area contributed by atoms with Crippen molar-refractivity contribution < 1.29 is 5.11 Å². The maximum absolute atomic E-state index is 8.96. The van der Waals surface area contributed by atoms with Crippen LogP contribution in [0, 0.1) is 3.57 Å². The number of aliphatic hydroxyl groups is 1. The van der Waals surface area contributed by atoms with Gasteiger partial charge >= 0.3 is 0 Å². The molecule has 0 aliphatic rings. The maximum Gasteiger partial charge on any atom is 0.0497 e. The first-order valence-corrected chi connectivity index (χ1v) is 5.16. The Morgan fingerprint density at radius 2 is 2.25 bits per heavy atom. The van der Waals surface area contributed by atoms with Gasteiger partial charge in [-0.3, -0.25) is 0 Å². The van der Waals surface area contributed by atoms with Crippen molar-refractivity contribution >= 4 is 34.2 Å². The first-order chi connectivity index (χ1) is 5.65. The van der Waals surface area contributed by atoms with Crippen LogP contribution < -0.4 is 0 Å². The summed E-state index contributed by atoms with van der Waals surface area (Å²) in [6.07, 6.45) is 0. The molecule has 0 aliphatic carbocycles. The second-order valence-electron chi connectivity index (χ2n) is 2.75. The van der Waals surface area contributed by atoms with Gasteiger partial charge in [0.1, 0.15) is 0 Å². The van der Waals surface area contributed by atoms with Crippen LogP contribution in [0.3, 0.4) is 0 Å². The average molecular weight is 297 g/mol. The van der Waals surface area contributed by atoms with Crippen LogP contribution in [-0.2, 0) is 0 Å². The Bertz CT molecular complexity index is 275. The summed E-state index contributed by atoms with van der Waals surface area (Å²) in [6, 6.07) is 5.73. The molecule has 3 heteroatoms. The van der Waals surface area contributed by atoms with Gasteiger partial charge in [-0.15, -0.1) is 0 Å². The fraction of sp³-hybridized carbons (Fsp3) is 0.333. The second kappa shape index (κ2) is 4.44. The van der Waals surface area contributed by atoms with Crippen molar-refractivity contribution in [2.45, 2.75) is 12.8 Å².